The Hall–Kier alpha value is -3.02. The molecule has 0 bridgehead atoms. The third-order valence-corrected chi connectivity index (χ3v) is 4.72. The molecule has 0 saturated carbocycles. The second kappa shape index (κ2) is 11.1. The summed E-state index contributed by atoms with van der Waals surface area (Å²) in [5.74, 6) is 0.925. The van der Waals surface area contributed by atoms with Gasteiger partial charge >= 0.3 is 0 Å². The van der Waals surface area contributed by atoms with E-state index in [9.17, 15) is 9.59 Å². The molecule has 6 nitrogen and oxygen atoms in total. The van der Waals surface area contributed by atoms with Gasteiger partial charge in [0.2, 0.25) is 5.91 Å². The summed E-state index contributed by atoms with van der Waals surface area (Å²) < 4.78 is 10.8. The van der Waals surface area contributed by atoms with Crippen LogP contribution in [-0.2, 0) is 22.6 Å². The SMILES string of the molecule is CCNC(=O)C(C)N(Cc1ccc(OC)cc1)C(=O)COc1ccc(CC)cc1. The number of ether oxygens (including phenoxy) is 2. The highest BCUT2D eigenvalue weighted by molar-refractivity contribution is 5.87. The first-order valence-corrected chi connectivity index (χ1v) is 9.90. The molecule has 2 rings (SSSR count). The summed E-state index contributed by atoms with van der Waals surface area (Å²) in [5, 5.41) is 2.78. The highest BCUT2D eigenvalue weighted by Crippen LogP contribution is 2.16. The van der Waals surface area contributed by atoms with Crippen molar-refractivity contribution in [2.45, 2.75) is 39.8 Å². The Bertz CT molecular complexity index is 788. The number of hydrogen-bond donors (Lipinski definition) is 1. The molecule has 0 aliphatic rings. The molecule has 2 aromatic carbocycles. The van der Waals surface area contributed by atoms with Gasteiger partial charge in [-0.05, 0) is 55.7 Å². The monoisotopic (exact) mass is 398 g/mol. The quantitative estimate of drug-likeness (QED) is 0.667. The lowest BCUT2D eigenvalue weighted by atomic mass is 10.1. The highest BCUT2D eigenvalue weighted by atomic mass is 16.5. The lowest BCUT2D eigenvalue weighted by molar-refractivity contribution is -0.142. The molecule has 0 radical (unpaired) electrons. The minimum atomic E-state index is -0.615. The van der Waals surface area contributed by atoms with Crippen molar-refractivity contribution in [2.24, 2.45) is 0 Å². The minimum absolute atomic E-state index is 0.134. The molecule has 0 saturated heterocycles. The summed E-state index contributed by atoms with van der Waals surface area (Å²) in [4.78, 5) is 26.8. The maximum atomic E-state index is 12.9. The number of nitrogens with zero attached hydrogens (tertiary/aromatic N) is 1. The van der Waals surface area contributed by atoms with Gasteiger partial charge in [0.1, 0.15) is 17.5 Å². The van der Waals surface area contributed by atoms with Gasteiger partial charge in [-0.3, -0.25) is 9.59 Å². The van der Waals surface area contributed by atoms with Crippen molar-refractivity contribution in [1.82, 2.24) is 10.2 Å². The Kier molecular flexibility index (Phi) is 8.52. The fourth-order valence-electron chi connectivity index (χ4n) is 2.88. The number of rotatable bonds is 10. The average Bonchev–Trinajstić information content (AvgIpc) is 2.76. The molecular formula is C23H30N2O4. The number of amides is 2. The maximum Gasteiger partial charge on any atom is 0.261 e. The highest BCUT2D eigenvalue weighted by Gasteiger charge is 2.26. The lowest BCUT2D eigenvalue weighted by Crippen LogP contribution is -2.49. The number of aryl methyl sites for hydroxylation is 1. The molecule has 0 fully saturated rings. The molecule has 0 heterocycles. The summed E-state index contributed by atoms with van der Waals surface area (Å²) in [5.41, 5.74) is 2.11. The number of hydrogen-bond acceptors (Lipinski definition) is 4. The second-order valence-corrected chi connectivity index (χ2v) is 6.73. The molecule has 2 aromatic rings. The molecule has 0 aromatic heterocycles. The number of carbonyl (C=O) groups is 2. The van der Waals surface area contributed by atoms with Crippen LogP contribution in [0.4, 0.5) is 0 Å². The number of methoxy groups -OCH3 is 1. The predicted molar refractivity (Wildman–Crippen MR) is 113 cm³/mol. The summed E-state index contributed by atoms with van der Waals surface area (Å²) in [7, 11) is 1.60. The normalized spacial score (nSPS) is 11.4. The van der Waals surface area contributed by atoms with Crippen molar-refractivity contribution in [3.8, 4) is 11.5 Å². The van der Waals surface area contributed by atoms with Gasteiger partial charge < -0.3 is 19.7 Å². The minimum Gasteiger partial charge on any atom is -0.497 e. The van der Waals surface area contributed by atoms with Gasteiger partial charge in [0.25, 0.3) is 5.91 Å². The van der Waals surface area contributed by atoms with E-state index in [0.29, 0.717) is 18.8 Å². The summed E-state index contributed by atoms with van der Waals surface area (Å²) in [6, 6.07) is 14.5. The van der Waals surface area contributed by atoms with E-state index in [1.54, 1.807) is 14.0 Å². The van der Waals surface area contributed by atoms with Gasteiger partial charge in [-0.15, -0.1) is 0 Å². The van der Waals surface area contributed by atoms with Crippen molar-refractivity contribution < 1.29 is 19.1 Å². The lowest BCUT2D eigenvalue weighted by Gasteiger charge is -2.28. The van der Waals surface area contributed by atoms with Gasteiger partial charge in [0, 0.05) is 13.1 Å². The third kappa shape index (κ3) is 6.52. The molecule has 29 heavy (non-hydrogen) atoms. The van der Waals surface area contributed by atoms with Gasteiger partial charge in [-0.25, -0.2) is 0 Å². The van der Waals surface area contributed by atoms with Crippen LogP contribution in [0, 0.1) is 0 Å². The van der Waals surface area contributed by atoms with Crippen LogP contribution in [0.1, 0.15) is 31.9 Å². The Balaban J connectivity index is 2.10. The first kappa shape index (κ1) is 22.3. The Morgan fingerprint density at radius 3 is 2.10 bits per heavy atom. The van der Waals surface area contributed by atoms with Crippen LogP contribution in [0.2, 0.25) is 0 Å². The predicted octanol–water partition coefficient (Wildman–Crippen LogP) is 3.19. The Morgan fingerprint density at radius 2 is 1.55 bits per heavy atom. The fourth-order valence-corrected chi connectivity index (χ4v) is 2.88. The van der Waals surface area contributed by atoms with Crippen molar-refractivity contribution in [1.29, 1.82) is 0 Å². The van der Waals surface area contributed by atoms with E-state index < -0.39 is 6.04 Å². The van der Waals surface area contributed by atoms with Crippen LogP contribution in [0.3, 0.4) is 0 Å². The first-order valence-electron chi connectivity index (χ1n) is 9.90. The Morgan fingerprint density at radius 1 is 0.966 bits per heavy atom. The van der Waals surface area contributed by atoms with E-state index in [1.165, 1.54) is 10.5 Å². The average molecular weight is 399 g/mol. The van der Waals surface area contributed by atoms with Crippen molar-refractivity contribution in [3.63, 3.8) is 0 Å². The van der Waals surface area contributed by atoms with Crippen LogP contribution in [-0.4, -0.2) is 43.0 Å². The molecule has 6 heteroatoms. The molecule has 0 aliphatic carbocycles. The van der Waals surface area contributed by atoms with E-state index in [4.69, 9.17) is 9.47 Å². The van der Waals surface area contributed by atoms with Gasteiger partial charge in [-0.1, -0.05) is 31.2 Å². The number of carbonyl (C=O) groups excluding carboxylic acids is 2. The second-order valence-electron chi connectivity index (χ2n) is 6.73. The molecule has 1 N–H and O–H groups in total. The van der Waals surface area contributed by atoms with E-state index in [-0.39, 0.29) is 18.4 Å². The molecule has 0 spiro atoms. The van der Waals surface area contributed by atoms with Crippen LogP contribution >= 0.6 is 0 Å². The van der Waals surface area contributed by atoms with Crippen LogP contribution in [0.25, 0.3) is 0 Å². The van der Waals surface area contributed by atoms with Crippen molar-refractivity contribution >= 4 is 11.8 Å². The number of likely N-dealkylation sites (N-methyl/N-ethyl adjacent to an activating group) is 1. The Labute approximate surface area is 172 Å². The maximum absolute atomic E-state index is 12.9. The smallest absolute Gasteiger partial charge is 0.261 e. The molecule has 1 atom stereocenters. The largest absolute Gasteiger partial charge is 0.497 e. The van der Waals surface area contributed by atoms with E-state index >= 15 is 0 Å². The van der Waals surface area contributed by atoms with Crippen LogP contribution in [0.5, 0.6) is 11.5 Å². The van der Waals surface area contributed by atoms with Gasteiger partial charge in [0.05, 0.1) is 7.11 Å². The fraction of sp³-hybridized carbons (Fsp3) is 0.391. The molecule has 0 aliphatic heterocycles. The van der Waals surface area contributed by atoms with Gasteiger partial charge in [0.15, 0.2) is 6.61 Å². The zero-order chi connectivity index (χ0) is 21.2. The number of nitrogens with one attached hydrogen (secondary N) is 1. The van der Waals surface area contributed by atoms with E-state index in [2.05, 4.69) is 12.2 Å². The van der Waals surface area contributed by atoms with E-state index in [1.807, 2.05) is 55.5 Å². The van der Waals surface area contributed by atoms with Crippen molar-refractivity contribution in [3.05, 3.63) is 59.7 Å². The molecular weight excluding hydrogens is 368 g/mol. The number of benzene rings is 2. The molecule has 1 unspecified atom stereocenters. The zero-order valence-electron chi connectivity index (χ0n) is 17.6. The first-order chi connectivity index (χ1) is 14.0. The summed E-state index contributed by atoms with van der Waals surface area (Å²) >= 11 is 0. The van der Waals surface area contributed by atoms with E-state index in [0.717, 1.165) is 17.7 Å². The summed E-state index contributed by atoms with van der Waals surface area (Å²) in [6.07, 6.45) is 0.943. The standard InChI is InChI=1S/C23H30N2O4/c1-5-18-7-13-21(14-8-18)29-16-22(26)25(17(3)23(27)24-6-2)15-19-9-11-20(28-4)12-10-19/h7-14,17H,5-6,15-16H2,1-4H3,(H,24,27). The van der Waals surface area contributed by atoms with Crippen molar-refractivity contribution in [2.75, 3.05) is 20.3 Å². The molecule has 156 valence electrons. The molecule has 2 amide bonds. The van der Waals surface area contributed by atoms with Gasteiger partial charge in [-0.2, -0.15) is 0 Å². The van der Waals surface area contributed by atoms with Crippen LogP contribution in [0.15, 0.2) is 48.5 Å². The van der Waals surface area contributed by atoms with Crippen LogP contribution < -0.4 is 14.8 Å². The zero-order valence-corrected chi connectivity index (χ0v) is 17.6. The summed E-state index contributed by atoms with van der Waals surface area (Å²) in [6.45, 7) is 6.34. The topological polar surface area (TPSA) is 67.9 Å². The third-order valence-electron chi connectivity index (χ3n) is 4.72.